The molecule has 1 aromatic heterocycles. The molecule has 0 fully saturated rings. The van der Waals surface area contributed by atoms with Crippen LogP contribution in [0.5, 0.6) is 0 Å². The SMILES string of the molecule is Cc1ccc(C(O)Cc2ccc(Cl)c(Cl)c2)cn1. The van der Waals surface area contributed by atoms with Gasteiger partial charge in [0.15, 0.2) is 0 Å². The molecule has 2 aromatic rings. The fourth-order valence-corrected chi connectivity index (χ4v) is 2.00. The molecule has 94 valence electrons. The first kappa shape index (κ1) is 13.3. The average Bonchev–Trinajstić information content (AvgIpc) is 2.34. The molecule has 1 unspecified atom stereocenters. The molecule has 2 rings (SSSR count). The Bertz CT molecular complexity index is 540. The number of aryl methyl sites for hydroxylation is 1. The zero-order valence-electron chi connectivity index (χ0n) is 9.90. The van der Waals surface area contributed by atoms with Gasteiger partial charge in [0, 0.05) is 18.3 Å². The van der Waals surface area contributed by atoms with Crippen LogP contribution in [-0.2, 0) is 6.42 Å². The molecule has 0 radical (unpaired) electrons. The molecule has 0 amide bonds. The Labute approximate surface area is 116 Å². The summed E-state index contributed by atoms with van der Waals surface area (Å²) >= 11 is 11.8. The molecule has 0 bridgehead atoms. The van der Waals surface area contributed by atoms with Gasteiger partial charge in [-0.25, -0.2) is 0 Å². The summed E-state index contributed by atoms with van der Waals surface area (Å²) in [5.41, 5.74) is 2.67. The minimum atomic E-state index is -0.588. The van der Waals surface area contributed by atoms with Crippen LogP contribution in [0, 0.1) is 6.92 Å². The maximum Gasteiger partial charge on any atom is 0.0845 e. The molecule has 4 heteroatoms. The van der Waals surface area contributed by atoms with E-state index >= 15 is 0 Å². The Morgan fingerprint density at radius 3 is 2.56 bits per heavy atom. The predicted octanol–water partition coefficient (Wildman–Crippen LogP) is 3.97. The molecular weight excluding hydrogens is 269 g/mol. The fourth-order valence-electron chi connectivity index (χ4n) is 1.68. The van der Waals surface area contributed by atoms with E-state index in [1.165, 1.54) is 0 Å². The van der Waals surface area contributed by atoms with Gasteiger partial charge in [-0.3, -0.25) is 4.98 Å². The summed E-state index contributed by atoms with van der Waals surface area (Å²) in [6.45, 7) is 1.91. The van der Waals surface area contributed by atoms with Gasteiger partial charge in [0.05, 0.1) is 16.1 Å². The summed E-state index contributed by atoms with van der Waals surface area (Å²) in [5, 5.41) is 11.1. The highest BCUT2D eigenvalue weighted by atomic mass is 35.5. The number of nitrogens with zero attached hydrogens (tertiary/aromatic N) is 1. The quantitative estimate of drug-likeness (QED) is 0.923. The van der Waals surface area contributed by atoms with Crippen LogP contribution in [0.25, 0.3) is 0 Å². The Kier molecular flexibility index (Phi) is 4.23. The number of hydrogen-bond acceptors (Lipinski definition) is 2. The Balaban J connectivity index is 2.13. The second kappa shape index (κ2) is 5.70. The first-order valence-corrected chi connectivity index (χ1v) is 6.36. The largest absolute Gasteiger partial charge is 0.388 e. The third kappa shape index (κ3) is 3.22. The molecule has 1 aromatic carbocycles. The van der Waals surface area contributed by atoms with Gasteiger partial charge in [-0.1, -0.05) is 35.3 Å². The minimum Gasteiger partial charge on any atom is -0.388 e. The number of aliphatic hydroxyl groups is 1. The number of aromatic nitrogens is 1. The van der Waals surface area contributed by atoms with Crippen molar-refractivity contribution in [3.63, 3.8) is 0 Å². The van der Waals surface area contributed by atoms with Crippen molar-refractivity contribution in [2.24, 2.45) is 0 Å². The van der Waals surface area contributed by atoms with Gasteiger partial charge in [-0.2, -0.15) is 0 Å². The van der Waals surface area contributed by atoms with Gasteiger partial charge in [-0.15, -0.1) is 0 Å². The Morgan fingerprint density at radius 2 is 1.94 bits per heavy atom. The summed E-state index contributed by atoms with van der Waals surface area (Å²) in [6, 6.07) is 9.13. The monoisotopic (exact) mass is 281 g/mol. The molecule has 1 N–H and O–H groups in total. The number of aliphatic hydroxyl groups excluding tert-OH is 1. The van der Waals surface area contributed by atoms with Gasteiger partial charge in [0.25, 0.3) is 0 Å². The van der Waals surface area contributed by atoms with Crippen molar-refractivity contribution >= 4 is 23.2 Å². The van der Waals surface area contributed by atoms with E-state index in [1.807, 2.05) is 25.1 Å². The number of benzene rings is 1. The zero-order valence-corrected chi connectivity index (χ0v) is 11.4. The lowest BCUT2D eigenvalue weighted by Gasteiger charge is -2.11. The Morgan fingerprint density at radius 1 is 1.17 bits per heavy atom. The van der Waals surface area contributed by atoms with Crippen molar-refractivity contribution in [2.45, 2.75) is 19.4 Å². The van der Waals surface area contributed by atoms with Gasteiger partial charge < -0.3 is 5.11 Å². The fraction of sp³-hybridized carbons (Fsp3) is 0.214. The third-order valence-electron chi connectivity index (χ3n) is 2.73. The number of rotatable bonds is 3. The molecule has 0 saturated heterocycles. The van der Waals surface area contributed by atoms with Crippen LogP contribution in [0.4, 0.5) is 0 Å². The molecule has 0 spiro atoms. The van der Waals surface area contributed by atoms with Crippen LogP contribution >= 0.6 is 23.2 Å². The molecule has 1 heterocycles. The highest BCUT2D eigenvalue weighted by molar-refractivity contribution is 6.42. The van der Waals surface area contributed by atoms with Crippen molar-refractivity contribution in [1.29, 1.82) is 0 Å². The minimum absolute atomic E-state index is 0.488. The van der Waals surface area contributed by atoms with Crippen molar-refractivity contribution in [3.8, 4) is 0 Å². The lowest BCUT2D eigenvalue weighted by atomic mass is 10.0. The first-order valence-electron chi connectivity index (χ1n) is 5.61. The van der Waals surface area contributed by atoms with E-state index < -0.39 is 6.10 Å². The van der Waals surface area contributed by atoms with E-state index in [-0.39, 0.29) is 0 Å². The summed E-state index contributed by atoms with van der Waals surface area (Å²) < 4.78 is 0. The van der Waals surface area contributed by atoms with Crippen LogP contribution in [0.1, 0.15) is 22.9 Å². The normalized spacial score (nSPS) is 12.4. The van der Waals surface area contributed by atoms with Crippen molar-refractivity contribution in [1.82, 2.24) is 4.98 Å². The van der Waals surface area contributed by atoms with Crippen LogP contribution < -0.4 is 0 Å². The summed E-state index contributed by atoms with van der Waals surface area (Å²) in [4.78, 5) is 4.17. The van der Waals surface area contributed by atoms with Crippen LogP contribution in [-0.4, -0.2) is 10.1 Å². The number of pyridine rings is 1. The molecule has 18 heavy (non-hydrogen) atoms. The highest BCUT2D eigenvalue weighted by Crippen LogP contribution is 2.25. The van der Waals surface area contributed by atoms with Gasteiger partial charge in [-0.05, 0) is 36.2 Å². The van der Waals surface area contributed by atoms with Gasteiger partial charge in [0.2, 0.25) is 0 Å². The topological polar surface area (TPSA) is 33.1 Å². The molecule has 0 saturated carbocycles. The molecule has 2 nitrogen and oxygen atoms in total. The molecule has 0 aliphatic heterocycles. The highest BCUT2D eigenvalue weighted by Gasteiger charge is 2.10. The van der Waals surface area contributed by atoms with Crippen LogP contribution in [0.2, 0.25) is 10.0 Å². The third-order valence-corrected chi connectivity index (χ3v) is 3.47. The average molecular weight is 282 g/mol. The Hall–Kier alpha value is -1.09. The van der Waals surface area contributed by atoms with E-state index in [0.29, 0.717) is 16.5 Å². The molecule has 0 aliphatic rings. The predicted molar refractivity (Wildman–Crippen MR) is 74.1 cm³/mol. The van der Waals surface area contributed by atoms with Crippen LogP contribution in [0.3, 0.4) is 0 Å². The van der Waals surface area contributed by atoms with Crippen molar-refractivity contribution in [2.75, 3.05) is 0 Å². The summed E-state index contributed by atoms with van der Waals surface area (Å²) in [5.74, 6) is 0. The van der Waals surface area contributed by atoms with Crippen molar-refractivity contribution in [3.05, 3.63) is 63.4 Å². The van der Waals surface area contributed by atoms with E-state index in [4.69, 9.17) is 23.2 Å². The molecule has 1 atom stereocenters. The smallest absolute Gasteiger partial charge is 0.0845 e. The van der Waals surface area contributed by atoms with E-state index in [0.717, 1.165) is 16.8 Å². The molecular formula is C14H13Cl2NO. The molecule has 0 aliphatic carbocycles. The maximum absolute atomic E-state index is 10.1. The lowest BCUT2D eigenvalue weighted by molar-refractivity contribution is 0.178. The van der Waals surface area contributed by atoms with Gasteiger partial charge in [0.1, 0.15) is 0 Å². The van der Waals surface area contributed by atoms with E-state index in [1.54, 1.807) is 18.3 Å². The van der Waals surface area contributed by atoms with E-state index in [9.17, 15) is 5.11 Å². The lowest BCUT2D eigenvalue weighted by Crippen LogP contribution is -2.02. The van der Waals surface area contributed by atoms with Crippen LogP contribution in [0.15, 0.2) is 36.5 Å². The first-order chi connectivity index (χ1) is 8.56. The second-order valence-corrected chi connectivity index (χ2v) is 5.02. The maximum atomic E-state index is 10.1. The number of hydrogen-bond donors (Lipinski definition) is 1. The second-order valence-electron chi connectivity index (χ2n) is 4.20. The summed E-state index contributed by atoms with van der Waals surface area (Å²) in [6.07, 6.45) is 1.59. The number of halogens is 2. The van der Waals surface area contributed by atoms with Gasteiger partial charge >= 0.3 is 0 Å². The van der Waals surface area contributed by atoms with E-state index in [2.05, 4.69) is 4.98 Å². The zero-order chi connectivity index (χ0) is 13.1. The van der Waals surface area contributed by atoms with Crippen molar-refractivity contribution < 1.29 is 5.11 Å². The standard InChI is InChI=1S/C14H13Cl2NO/c1-9-2-4-11(8-17-9)14(18)7-10-3-5-12(15)13(16)6-10/h2-6,8,14,18H,7H2,1H3. The summed E-state index contributed by atoms with van der Waals surface area (Å²) in [7, 11) is 0.